The molecule has 2 aromatic rings. The minimum absolute atomic E-state index is 0.155. The number of rotatable bonds is 7. The molecule has 0 unspecified atom stereocenters. The van der Waals surface area contributed by atoms with Gasteiger partial charge in [0.15, 0.2) is 6.10 Å². The fourth-order valence-electron chi connectivity index (χ4n) is 2.51. The first kappa shape index (κ1) is 19.9. The lowest BCUT2D eigenvalue weighted by Gasteiger charge is -2.16. The number of nitrogens with zero attached hydrogens (tertiary/aromatic N) is 1. The number of carbonyl (C=O) groups excluding carboxylic acids is 2. The fraction of sp³-hybridized carbons (Fsp3) is 0.556. The van der Waals surface area contributed by atoms with Gasteiger partial charge in [-0.1, -0.05) is 0 Å². The molecule has 0 aromatic carbocycles. The summed E-state index contributed by atoms with van der Waals surface area (Å²) < 4.78 is 5.24. The third-order valence-electron chi connectivity index (χ3n) is 4.48. The van der Waals surface area contributed by atoms with Crippen molar-refractivity contribution in [1.82, 2.24) is 15.3 Å². The van der Waals surface area contributed by atoms with E-state index in [1.165, 1.54) is 23.1 Å². The van der Waals surface area contributed by atoms with Gasteiger partial charge in [0, 0.05) is 10.9 Å². The van der Waals surface area contributed by atoms with Gasteiger partial charge in [-0.25, -0.2) is 4.98 Å². The van der Waals surface area contributed by atoms with E-state index in [9.17, 15) is 14.4 Å². The Morgan fingerprint density at radius 2 is 2.07 bits per heavy atom. The molecule has 0 saturated heterocycles. The average molecular weight is 410 g/mol. The summed E-state index contributed by atoms with van der Waals surface area (Å²) in [6.07, 6.45) is 1.15. The molecule has 9 heteroatoms. The monoisotopic (exact) mass is 409 g/mol. The van der Waals surface area contributed by atoms with Gasteiger partial charge in [-0.2, -0.15) is 0 Å². The second-order valence-electron chi connectivity index (χ2n) is 6.79. The Balaban J connectivity index is 1.57. The van der Waals surface area contributed by atoms with Gasteiger partial charge in [0.05, 0.1) is 11.1 Å². The van der Waals surface area contributed by atoms with Crippen LogP contribution in [-0.4, -0.2) is 39.2 Å². The molecule has 27 heavy (non-hydrogen) atoms. The lowest BCUT2D eigenvalue weighted by Crippen LogP contribution is -2.38. The molecule has 0 aliphatic heterocycles. The number of aryl methyl sites for hydroxylation is 2. The maximum atomic E-state index is 12.3. The van der Waals surface area contributed by atoms with Gasteiger partial charge in [-0.05, 0) is 46.1 Å². The first-order valence-electron chi connectivity index (χ1n) is 8.87. The first-order valence-corrected chi connectivity index (χ1v) is 10.7. The van der Waals surface area contributed by atoms with Gasteiger partial charge < -0.3 is 15.0 Å². The van der Waals surface area contributed by atoms with Crippen molar-refractivity contribution in [2.45, 2.75) is 63.7 Å². The summed E-state index contributed by atoms with van der Waals surface area (Å²) in [6.45, 7) is 7.17. The fourth-order valence-corrected chi connectivity index (χ4v) is 4.29. The Kier molecular flexibility index (Phi) is 5.90. The molecule has 0 bridgehead atoms. The molecular formula is C18H23N3O4S2. The molecule has 1 fully saturated rings. The van der Waals surface area contributed by atoms with E-state index in [4.69, 9.17) is 4.74 Å². The SMILES string of the molecule is Cc1sc2nc(CS[C@H](C)C(=O)O[C@H](C)C(=O)NC3CC3)[nH]c(=O)c2c1C. The summed E-state index contributed by atoms with van der Waals surface area (Å²) in [5, 5.41) is 2.97. The summed E-state index contributed by atoms with van der Waals surface area (Å²) in [5.41, 5.74) is 0.802. The van der Waals surface area contributed by atoms with Crippen LogP contribution >= 0.6 is 23.1 Å². The van der Waals surface area contributed by atoms with Crippen LogP contribution < -0.4 is 10.9 Å². The zero-order valence-corrected chi connectivity index (χ0v) is 17.4. The molecule has 1 saturated carbocycles. The van der Waals surface area contributed by atoms with Crippen molar-refractivity contribution in [3.8, 4) is 0 Å². The number of fused-ring (bicyclic) bond motifs is 1. The van der Waals surface area contributed by atoms with Gasteiger partial charge in [-0.15, -0.1) is 23.1 Å². The van der Waals surface area contributed by atoms with Crippen LogP contribution in [0.15, 0.2) is 4.79 Å². The number of esters is 1. The van der Waals surface area contributed by atoms with E-state index in [0.29, 0.717) is 21.8 Å². The van der Waals surface area contributed by atoms with Crippen molar-refractivity contribution in [3.05, 3.63) is 26.6 Å². The molecule has 2 aromatic heterocycles. The van der Waals surface area contributed by atoms with Crippen molar-refractivity contribution >= 4 is 45.2 Å². The van der Waals surface area contributed by atoms with Crippen LogP contribution in [0.25, 0.3) is 10.2 Å². The van der Waals surface area contributed by atoms with Gasteiger partial charge in [0.25, 0.3) is 11.5 Å². The molecule has 7 nitrogen and oxygen atoms in total. The predicted octanol–water partition coefficient (Wildman–Crippen LogP) is 2.43. The van der Waals surface area contributed by atoms with Crippen molar-refractivity contribution in [2.24, 2.45) is 0 Å². The standard InChI is InChI=1S/C18H23N3O4S2/c1-8-10(3)27-17-14(8)16(23)20-13(21-17)7-26-11(4)18(24)25-9(2)15(22)19-12-5-6-12/h9,11-12H,5-7H2,1-4H3,(H,19,22)(H,20,21,23)/t9-,11-/m1/s1. The number of ether oxygens (including phenoxy) is 1. The number of thioether (sulfide) groups is 1. The van der Waals surface area contributed by atoms with Crippen LogP contribution in [0.5, 0.6) is 0 Å². The number of amides is 1. The zero-order valence-electron chi connectivity index (χ0n) is 15.8. The first-order chi connectivity index (χ1) is 12.8. The number of hydrogen-bond acceptors (Lipinski definition) is 7. The third kappa shape index (κ3) is 4.70. The topological polar surface area (TPSA) is 101 Å². The Morgan fingerprint density at radius 1 is 1.37 bits per heavy atom. The number of aromatic nitrogens is 2. The minimum Gasteiger partial charge on any atom is -0.452 e. The molecule has 2 N–H and O–H groups in total. The Bertz CT molecular complexity index is 933. The third-order valence-corrected chi connectivity index (χ3v) is 6.71. The minimum atomic E-state index is -0.812. The highest BCUT2D eigenvalue weighted by Gasteiger charge is 2.28. The van der Waals surface area contributed by atoms with Crippen LogP contribution in [0.1, 0.15) is 43.0 Å². The van der Waals surface area contributed by atoms with E-state index >= 15 is 0 Å². The maximum absolute atomic E-state index is 12.3. The smallest absolute Gasteiger partial charge is 0.319 e. The lowest BCUT2D eigenvalue weighted by molar-refractivity contribution is -0.154. The van der Waals surface area contributed by atoms with Gasteiger partial charge in [0.1, 0.15) is 15.9 Å². The Morgan fingerprint density at radius 3 is 2.74 bits per heavy atom. The molecular weight excluding hydrogens is 386 g/mol. The molecule has 2 heterocycles. The normalized spacial score (nSPS) is 16.1. The number of carbonyl (C=O) groups is 2. The molecule has 3 rings (SSSR count). The Hall–Kier alpha value is -1.87. The lowest BCUT2D eigenvalue weighted by atomic mass is 10.2. The van der Waals surface area contributed by atoms with Crippen LogP contribution in [0.4, 0.5) is 0 Å². The van der Waals surface area contributed by atoms with E-state index in [2.05, 4.69) is 15.3 Å². The average Bonchev–Trinajstić information content (AvgIpc) is 3.37. The highest BCUT2D eigenvalue weighted by Crippen LogP contribution is 2.26. The van der Waals surface area contributed by atoms with Crippen molar-refractivity contribution in [3.63, 3.8) is 0 Å². The zero-order chi connectivity index (χ0) is 19.7. The molecule has 1 aliphatic rings. The predicted molar refractivity (Wildman–Crippen MR) is 107 cm³/mol. The number of thiophene rings is 1. The maximum Gasteiger partial charge on any atom is 0.319 e. The Labute approximate surface area is 165 Å². The second-order valence-corrected chi connectivity index (χ2v) is 9.32. The molecule has 1 aliphatic carbocycles. The summed E-state index contributed by atoms with van der Waals surface area (Å²) in [5.74, 6) is 0.186. The van der Waals surface area contributed by atoms with E-state index in [1.807, 2.05) is 13.8 Å². The van der Waals surface area contributed by atoms with Crippen LogP contribution in [0, 0.1) is 13.8 Å². The molecule has 1 amide bonds. The van der Waals surface area contributed by atoms with E-state index in [-0.39, 0.29) is 17.5 Å². The van der Waals surface area contributed by atoms with Crippen molar-refractivity contribution in [2.75, 3.05) is 0 Å². The largest absolute Gasteiger partial charge is 0.452 e. The highest BCUT2D eigenvalue weighted by molar-refractivity contribution is 7.99. The van der Waals surface area contributed by atoms with Crippen LogP contribution in [-0.2, 0) is 20.1 Å². The van der Waals surface area contributed by atoms with E-state index in [0.717, 1.165) is 23.3 Å². The number of nitrogens with one attached hydrogen (secondary N) is 2. The van der Waals surface area contributed by atoms with Crippen LogP contribution in [0.3, 0.4) is 0 Å². The summed E-state index contributed by atoms with van der Waals surface area (Å²) in [4.78, 5) is 45.4. The molecule has 0 radical (unpaired) electrons. The second kappa shape index (κ2) is 8.02. The molecule has 146 valence electrons. The number of H-pyrrole nitrogens is 1. The summed E-state index contributed by atoms with van der Waals surface area (Å²) >= 11 is 2.80. The van der Waals surface area contributed by atoms with Gasteiger partial charge in [-0.3, -0.25) is 14.4 Å². The van der Waals surface area contributed by atoms with Gasteiger partial charge >= 0.3 is 5.97 Å². The highest BCUT2D eigenvalue weighted by atomic mass is 32.2. The van der Waals surface area contributed by atoms with Crippen molar-refractivity contribution < 1.29 is 14.3 Å². The quantitative estimate of drug-likeness (QED) is 0.681. The van der Waals surface area contributed by atoms with E-state index < -0.39 is 17.3 Å². The summed E-state index contributed by atoms with van der Waals surface area (Å²) in [6, 6.07) is 0.229. The number of aromatic amines is 1. The van der Waals surface area contributed by atoms with Crippen LogP contribution in [0.2, 0.25) is 0 Å². The molecule has 2 atom stereocenters. The van der Waals surface area contributed by atoms with Crippen molar-refractivity contribution in [1.29, 1.82) is 0 Å². The van der Waals surface area contributed by atoms with Gasteiger partial charge in [0.2, 0.25) is 0 Å². The molecule has 0 spiro atoms. The summed E-state index contributed by atoms with van der Waals surface area (Å²) in [7, 11) is 0. The van der Waals surface area contributed by atoms with E-state index in [1.54, 1.807) is 13.8 Å². The number of hydrogen-bond donors (Lipinski definition) is 2.